The molecule has 2 aromatic carbocycles. The van der Waals surface area contributed by atoms with Crippen molar-refractivity contribution in [1.82, 2.24) is 14.8 Å². The first-order valence-electron chi connectivity index (χ1n) is 11.2. The zero-order valence-electron chi connectivity index (χ0n) is 19.7. The van der Waals surface area contributed by atoms with E-state index in [1.165, 1.54) is 35.1 Å². The maximum atomic E-state index is 13.6. The van der Waals surface area contributed by atoms with Gasteiger partial charge in [0.2, 0.25) is 0 Å². The summed E-state index contributed by atoms with van der Waals surface area (Å²) in [6, 6.07) is 15.2. The molecule has 0 atom stereocenters. The molecule has 5 aromatic rings. The van der Waals surface area contributed by atoms with Crippen LogP contribution in [0.4, 0.5) is 18.9 Å². The Morgan fingerprint density at radius 1 is 1.13 bits per heavy atom. The lowest BCUT2D eigenvalue weighted by atomic mass is 10.0. The summed E-state index contributed by atoms with van der Waals surface area (Å²) in [6.07, 6.45) is -1.38. The first kappa shape index (κ1) is 26.2. The summed E-state index contributed by atoms with van der Waals surface area (Å²) in [5.74, 6) is -1.84. The van der Waals surface area contributed by atoms with E-state index in [1.807, 2.05) is 0 Å². The Morgan fingerprint density at radius 2 is 1.90 bits per heavy atom. The number of nitrogens with zero attached hydrogens (tertiary/aromatic N) is 3. The molecule has 0 aliphatic heterocycles. The van der Waals surface area contributed by atoms with Crippen LogP contribution >= 0.6 is 22.9 Å². The number of primary amides is 1. The third kappa shape index (κ3) is 5.42. The maximum Gasteiger partial charge on any atom is 0.280 e. The molecule has 5 rings (SSSR count). The van der Waals surface area contributed by atoms with Gasteiger partial charge in [-0.3, -0.25) is 9.59 Å². The standard InChI is InChI=1S/C26H17ClF3N5O3S/c27-16-10-14(6-7-17(16)28)38-12-35-9-8-18(34-35)25(37)33-21-20-15(13-4-2-1-3-5-13)11-19(23(29)30)32-26(20)39-22(21)24(31)36/h1-11,23H,12H2,(H2,31,36)(H,33,37). The number of amides is 2. The highest BCUT2D eigenvalue weighted by atomic mass is 35.5. The number of benzene rings is 2. The van der Waals surface area contributed by atoms with Gasteiger partial charge in [-0.2, -0.15) is 5.10 Å². The van der Waals surface area contributed by atoms with E-state index in [1.54, 1.807) is 30.3 Å². The van der Waals surface area contributed by atoms with Crippen LogP contribution in [0.15, 0.2) is 66.9 Å². The summed E-state index contributed by atoms with van der Waals surface area (Å²) < 4.78 is 47.5. The van der Waals surface area contributed by atoms with Crippen molar-refractivity contribution in [2.45, 2.75) is 13.2 Å². The number of pyridine rings is 1. The van der Waals surface area contributed by atoms with Crippen molar-refractivity contribution < 1.29 is 27.5 Å². The average Bonchev–Trinajstić information content (AvgIpc) is 3.54. The van der Waals surface area contributed by atoms with Crippen LogP contribution in [0.1, 0.15) is 32.3 Å². The van der Waals surface area contributed by atoms with Gasteiger partial charge in [0.1, 0.15) is 27.0 Å². The zero-order chi connectivity index (χ0) is 27.7. The molecule has 3 aromatic heterocycles. The van der Waals surface area contributed by atoms with E-state index in [9.17, 15) is 22.8 Å². The fraction of sp³-hybridized carbons (Fsp3) is 0.0769. The van der Waals surface area contributed by atoms with Gasteiger partial charge in [-0.05, 0) is 35.4 Å². The number of anilines is 1. The molecule has 0 saturated heterocycles. The number of thiophene rings is 1. The van der Waals surface area contributed by atoms with E-state index >= 15 is 0 Å². The van der Waals surface area contributed by atoms with Crippen molar-refractivity contribution in [3.8, 4) is 16.9 Å². The minimum Gasteiger partial charge on any atom is -0.471 e. The van der Waals surface area contributed by atoms with E-state index in [4.69, 9.17) is 22.1 Å². The highest BCUT2D eigenvalue weighted by Gasteiger charge is 2.25. The Kier molecular flexibility index (Phi) is 7.22. The molecule has 3 N–H and O–H groups in total. The van der Waals surface area contributed by atoms with Gasteiger partial charge in [0.15, 0.2) is 12.4 Å². The number of carbonyl (C=O) groups excluding carboxylic acids is 2. The Labute approximate surface area is 227 Å². The molecule has 0 unspecified atom stereocenters. The molecule has 8 nitrogen and oxygen atoms in total. The van der Waals surface area contributed by atoms with Crippen LogP contribution in [0.2, 0.25) is 5.02 Å². The maximum absolute atomic E-state index is 13.6. The van der Waals surface area contributed by atoms with Gasteiger partial charge in [-0.25, -0.2) is 22.8 Å². The van der Waals surface area contributed by atoms with Gasteiger partial charge < -0.3 is 15.8 Å². The van der Waals surface area contributed by atoms with Crippen LogP contribution in [0.3, 0.4) is 0 Å². The normalized spacial score (nSPS) is 11.2. The van der Waals surface area contributed by atoms with Gasteiger partial charge in [0.25, 0.3) is 18.2 Å². The van der Waals surface area contributed by atoms with Crippen molar-refractivity contribution >= 4 is 50.7 Å². The molecule has 3 heterocycles. The van der Waals surface area contributed by atoms with Crippen molar-refractivity contribution in [2.75, 3.05) is 5.32 Å². The van der Waals surface area contributed by atoms with E-state index in [0.717, 1.165) is 17.4 Å². The smallest absolute Gasteiger partial charge is 0.280 e. The summed E-state index contributed by atoms with van der Waals surface area (Å²) in [7, 11) is 0. The van der Waals surface area contributed by atoms with Crippen molar-refractivity contribution in [2.24, 2.45) is 5.73 Å². The molecule has 0 spiro atoms. The largest absolute Gasteiger partial charge is 0.471 e. The fourth-order valence-electron chi connectivity index (χ4n) is 3.81. The van der Waals surface area contributed by atoms with Gasteiger partial charge in [-0.1, -0.05) is 41.9 Å². The van der Waals surface area contributed by atoms with Crippen LogP contribution < -0.4 is 15.8 Å². The third-order valence-electron chi connectivity index (χ3n) is 5.58. The number of ether oxygens (including phenoxy) is 1. The molecule has 0 radical (unpaired) electrons. The molecule has 0 aliphatic carbocycles. The zero-order valence-corrected chi connectivity index (χ0v) is 21.3. The second-order valence-electron chi connectivity index (χ2n) is 8.16. The lowest BCUT2D eigenvalue weighted by molar-refractivity contribution is 0.100. The summed E-state index contributed by atoms with van der Waals surface area (Å²) >= 11 is 6.56. The number of hydrogen-bond acceptors (Lipinski definition) is 6. The highest BCUT2D eigenvalue weighted by molar-refractivity contribution is 7.21. The predicted octanol–water partition coefficient (Wildman–Crippen LogP) is 6.28. The molecular weight excluding hydrogens is 555 g/mol. The number of nitrogens with two attached hydrogens (primary N) is 1. The van der Waals surface area contributed by atoms with Crippen molar-refractivity contribution in [1.29, 1.82) is 0 Å². The molecule has 0 saturated carbocycles. The van der Waals surface area contributed by atoms with Gasteiger partial charge in [-0.15, -0.1) is 11.3 Å². The summed E-state index contributed by atoms with van der Waals surface area (Å²) in [5, 5.41) is 7.02. The molecular formula is C26H17ClF3N5O3S. The lowest BCUT2D eigenvalue weighted by Crippen LogP contribution is -2.17. The first-order chi connectivity index (χ1) is 18.7. The fourth-order valence-corrected chi connectivity index (χ4v) is 4.99. The number of fused-ring (bicyclic) bond motifs is 1. The monoisotopic (exact) mass is 571 g/mol. The molecule has 198 valence electrons. The Bertz CT molecular complexity index is 1710. The summed E-state index contributed by atoms with van der Waals surface area (Å²) in [5.41, 5.74) is 6.06. The number of halogens is 4. The number of carbonyl (C=O) groups is 2. The van der Waals surface area contributed by atoms with Crippen LogP contribution in [-0.2, 0) is 6.73 Å². The lowest BCUT2D eigenvalue weighted by Gasteiger charge is -2.10. The Hall–Kier alpha value is -4.42. The van der Waals surface area contributed by atoms with Crippen molar-refractivity contribution in [3.63, 3.8) is 0 Å². The van der Waals surface area contributed by atoms with Crippen molar-refractivity contribution in [3.05, 3.63) is 94.0 Å². The van der Waals surface area contributed by atoms with Crippen LogP contribution in [0.5, 0.6) is 5.75 Å². The quantitative estimate of drug-likeness (QED) is 0.228. The molecule has 0 aliphatic rings. The van der Waals surface area contributed by atoms with E-state index < -0.39 is 29.8 Å². The van der Waals surface area contributed by atoms with Crippen LogP contribution in [0.25, 0.3) is 21.3 Å². The molecule has 13 heteroatoms. The molecule has 0 bridgehead atoms. The average molecular weight is 572 g/mol. The number of alkyl halides is 2. The minimum absolute atomic E-state index is 0.0241. The third-order valence-corrected chi connectivity index (χ3v) is 6.97. The number of nitrogens with one attached hydrogen (secondary N) is 1. The Morgan fingerprint density at radius 3 is 2.59 bits per heavy atom. The van der Waals surface area contributed by atoms with Gasteiger partial charge in [0.05, 0.1) is 10.7 Å². The second kappa shape index (κ2) is 10.8. The van der Waals surface area contributed by atoms with E-state index in [-0.39, 0.29) is 32.8 Å². The summed E-state index contributed by atoms with van der Waals surface area (Å²) in [6.45, 7) is -0.109. The van der Waals surface area contributed by atoms with E-state index in [0.29, 0.717) is 22.3 Å². The van der Waals surface area contributed by atoms with E-state index in [2.05, 4.69) is 15.4 Å². The first-order valence-corrected chi connectivity index (χ1v) is 12.4. The topological polar surface area (TPSA) is 112 Å². The number of aromatic nitrogens is 3. The highest BCUT2D eigenvalue weighted by Crippen LogP contribution is 2.42. The Balaban J connectivity index is 1.47. The van der Waals surface area contributed by atoms with Gasteiger partial charge in [0, 0.05) is 17.6 Å². The second-order valence-corrected chi connectivity index (χ2v) is 9.56. The SMILES string of the molecule is NC(=O)c1sc2nc(C(F)F)cc(-c3ccccc3)c2c1NC(=O)c1ccn(COc2ccc(F)c(Cl)c2)n1. The number of rotatable bonds is 8. The van der Waals surface area contributed by atoms with Gasteiger partial charge >= 0.3 is 0 Å². The number of hydrogen-bond donors (Lipinski definition) is 2. The van der Waals surface area contributed by atoms with Crippen LogP contribution in [-0.4, -0.2) is 26.6 Å². The minimum atomic E-state index is -2.86. The summed E-state index contributed by atoms with van der Waals surface area (Å²) in [4.78, 5) is 29.5. The molecule has 2 amide bonds. The molecule has 0 fully saturated rings. The predicted molar refractivity (Wildman–Crippen MR) is 141 cm³/mol. The van der Waals surface area contributed by atoms with Crippen LogP contribution in [0, 0.1) is 5.82 Å². The molecule has 39 heavy (non-hydrogen) atoms.